The molecule has 6 nitrogen and oxygen atoms in total. The highest BCUT2D eigenvalue weighted by Gasteiger charge is 2.57. The molecule has 5 rings (SSSR count). The number of hydrogen-bond donors (Lipinski definition) is 1. The van der Waals surface area contributed by atoms with E-state index in [1.165, 1.54) is 4.90 Å². The van der Waals surface area contributed by atoms with Crippen molar-refractivity contribution in [3.63, 3.8) is 0 Å². The molecular formula is C29H30BrNO5. The van der Waals surface area contributed by atoms with E-state index in [2.05, 4.69) is 15.9 Å². The second-order valence-corrected chi connectivity index (χ2v) is 10.8. The van der Waals surface area contributed by atoms with Gasteiger partial charge in [-0.05, 0) is 67.7 Å². The standard InChI is InChI=1S/C29H30BrNO5/c1-17(12-18-13-20(30)9-10-24(18)32)8-11-25-26-19(15-35-2)14-22-27(23(26)16-36-25)29(34)31(28(22)33)21-6-4-3-5-7-21/h3-7,9-10,12-13,22-23,25,27,32H,8,11,14-16H2,1-2H3/b17-12+/t22-,23+,25-,27-/m1/s1. The predicted molar refractivity (Wildman–Crippen MR) is 141 cm³/mol. The zero-order valence-corrected chi connectivity index (χ0v) is 22.0. The lowest BCUT2D eigenvalue weighted by Crippen LogP contribution is -2.35. The third kappa shape index (κ3) is 4.56. The molecule has 0 radical (unpaired) electrons. The fourth-order valence-electron chi connectivity index (χ4n) is 5.95. The van der Waals surface area contributed by atoms with Crippen LogP contribution in [0.25, 0.3) is 6.08 Å². The second-order valence-electron chi connectivity index (χ2n) is 9.84. The number of phenolic OH excluding ortho intramolecular Hbond substituents is 1. The van der Waals surface area contributed by atoms with Crippen LogP contribution in [-0.2, 0) is 19.1 Å². The lowest BCUT2D eigenvalue weighted by Gasteiger charge is -2.31. The van der Waals surface area contributed by atoms with Gasteiger partial charge in [0, 0.05) is 23.1 Å². The summed E-state index contributed by atoms with van der Waals surface area (Å²) in [6, 6.07) is 14.6. The first-order chi connectivity index (χ1) is 17.4. The summed E-state index contributed by atoms with van der Waals surface area (Å²) in [7, 11) is 1.66. The fourth-order valence-corrected chi connectivity index (χ4v) is 6.33. The number of methoxy groups -OCH3 is 1. The number of carbonyl (C=O) groups is 2. The third-order valence-corrected chi connectivity index (χ3v) is 8.03. The minimum absolute atomic E-state index is 0.109. The van der Waals surface area contributed by atoms with Gasteiger partial charge in [0.2, 0.25) is 11.8 Å². The molecule has 0 unspecified atom stereocenters. The van der Waals surface area contributed by atoms with Gasteiger partial charge in [-0.1, -0.05) is 45.8 Å². The molecule has 0 spiro atoms. The Morgan fingerprint density at radius 3 is 2.69 bits per heavy atom. The van der Waals surface area contributed by atoms with E-state index in [4.69, 9.17) is 9.47 Å². The average Bonchev–Trinajstić information content (AvgIpc) is 3.39. The molecule has 1 aliphatic carbocycles. The molecule has 2 aromatic carbocycles. The molecule has 0 aromatic heterocycles. The summed E-state index contributed by atoms with van der Waals surface area (Å²) in [5, 5.41) is 10.2. The van der Waals surface area contributed by atoms with Crippen molar-refractivity contribution >= 4 is 39.5 Å². The minimum atomic E-state index is -0.395. The largest absolute Gasteiger partial charge is 0.507 e. The number of halogens is 1. The van der Waals surface area contributed by atoms with Gasteiger partial charge in [0.05, 0.1) is 36.8 Å². The van der Waals surface area contributed by atoms with Gasteiger partial charge in [-0.15, -0.1) is 0 Å². The lowest BCUT2D eigenvalue weighted by molar-refractivity contribution is -0.122. The van der Waals surface area contributed by atoms with Gasteiger partial charge >= 0.3 is 0 Å². The maximum atomic E-state index is 13.6. The molecule has 7 heteroatoms. The van der Waals surface area contributed by atoms with E-state index in [1.807, 2.05) is 55.5 Å². The van der Waals surface area contributed by atoms with Crippen LogP contribution in [0, 0.1) is 17.8 Å². The normalized spacial score (nSPS) is 26.0. The summed E-state index contributed by atoms with van der Waals surface area (Å²) < 4.78 is 12.7. The van der Waals surface area contributed by atoms with Crippen LogP contribution in [-0.4, -0.2) is 43.3 Å². The molecule has 2 aromatic rings. The third-order valence-electron chi connectivity index (χ3n) is 7.53. The topological polar surface area (TPSA) is 76.1 Å². The minimum Gasteiger partial charge on any atom is -0.507 e. The van der Waals surface area contributed by atoms with Crippen LogP contribution in [0.4, 0.5) is 5.69 Å². The summed E-state index contributed by atoms with van der Waals surface area (Å²) in [6.07, 6.45) is 3.94. The summed E-state index contributed by atoms with van der Waals surface area (Å²) in [5.74, 6) is -0.887. The van der Waals surface area contributed by atoms with Crippen molar-refractivity contribution < 1.29 is 24.2 Å². The zero-order valence-electron chi connectivity index (χ0n) is 20.4. The Kier molecular flexibility index (Phi) is 7.15. The van der Waals surface area contributed by atoms with Crippen molar-refractivity contribution in [1.82, 2.24) is 0 Å². The summed E-state index contributed by atoms with van der Waals surface area (Å²) in [6.45, 7) is 2.92. The Morgan fingerprint density at radius 2 is 1.94 bits per heavy atom. The maximum absolute atomic E-state index is 13.6. The predicted octanol–water partition coefficient (Wildman–Crippen LogP) is 5.51. The molecule has 2 saturated heterocycles. The van der Waals surface area contributed by atoms with Gasteiger partial charge in [0.1, 0.15) is 5.75 Å². The van der Waals surface area contributed by atoms with Crippen LogP contribution in [0.5, 0.6) is 5.75 Å². The van der Waals surface area contributed by atoms with Crippen molar-refractivity contribution in [3.05, 3.63) is 75.3 Å². The highest BCUT2D eigenvalue weighted by molar-refractivity contribution is 9.10. The number of imide groups is 1. The summed E-state index contributed by atoms with van der Waals surface area (Å²) in [5.41, 5.74) is 4.76. The fraction of sp³-hybridized carbons (Fsp3) is 0.379. The number of carbonyl (C=O) groups excluding carboxylic acids is 2. The molecule has 4 atom stereocenters. The number of benzene rings is 2. The van der Waals surface area contributed by atoms with Crippen molar-refractivity contribution in [2.45, 2.75) is 32.3 Å². The van der Waals surface area contributed by atoms with Crippen molar-refractivity contribution in [3.8, 4) is 5.75 Å². The van der Waals surface area contributed by atoms with E-state index in [0.717, 1.165) is 39.6 Å². The van der Waals surface area contributed by atoms with E-state index >= 15 is 0 Å². The van der Waals surface area contributed by atoms with Gasteiger partial charge in [0.25, 0.3) is 0 Å². The van der Waals surface area contributed by atoms with Gasteiger partial charge in [0.15, 0.2) is 0 Å². The van der Waals surface area contributed by atoms with E-state index in [0.29, 0.717) is 25.3 Å². The number of nitrogens with zero attached hydrogens (tertiary/aromatic N) is 1. The Labute approximate surface area is 219 Å². The van der Waals surface area contributed by atoms with Crippen molar-refractivity contribution in [2.24, 2.45) is 17.8 Å². The van der Waals surface area contributed by atoms with Crippen LogP contribution in [0.3, 0.4) is 0 Å². The Balaban J connectivity index is 1.37. The molecule has 2 heterocycles. The van der Waals surface area contributed by atoms with Crippen LogP contribution in [0.1, 0.15) is 31.7 Å². The number of phenols is 1. The number of ether oxygens (including phenoxy) is 2. The molecule has 0 saturated carbocycles. The van der Waals surface area contributed by atoms with Crippen molar-refractivity contribution in [2.75, 3.05) is 25.2 Å². The number of allylic oxidation sites excluding steroid dienone is 1. The first-order valence-corrected chi connectivity index (χ1v) is 13.1. The van der Waals surface area contributed by atoms with E-state index in [1.54, 1.807) is 13.2 Å². The number of hydrogen-bond acceptors (Lipinski definition) is 5. The Morgan fingerprint density at radius 1 is 1.17 bits per heavy atom. The summed E-state index contributed by atoms with van der Waals surface area (Å²) in [4.78, 5) is 28.3. The first kappa shape index (κ1) is 24.9. The van der Waals surface area contributed by atoms with Gasteiger partial charge < -0.3 is 14.6 Å². The SMILES string of the molecule is COCC1=C2[C@@H](CC/C(C)=C/c3cc(Br)ccc3O)OC[C@@H]2[C@@H]2C(=O)N(c3ccccc3)C(=O)[C@@H]2C1. The van der Waals surface area contributed by atoms with Crippen LogP contribution in [0.2, 0.25) is 0 Å². The van der Waals surface area contributed by atoms with Crippen molar-refractivity contribution in [1.29, 1.82) is 0 Å². The van der Waals surface area contributed by atoms with Gasteiger partial charge in [-0.3, -0.25) is 14.5 Å². The number of fused-ring (bicyclic) bond motifs is 3. The summed E-state index contributed by atoms with van der Waals surface area (Å²) >= 11 is 3.46. The van der Waals surface area contributed by atoms with E-state index in [-0.39, 0.29) is 35.5 Å². The zero-order chi connectivity index (χ0) is 25.4. The quantitative estimate of drug-likeness (QED) is 0.363. The number of rotatable bonds is 7. The molecule has 3 aliphatic rings. The number of anilines is 1. The number of para-hydroxylation sites is 1. The molecule has 0 bridgehead atoms. The highest BCUT2D eigenvalue weighted by atomic mass is 79.9. The first-order valence-electron chi connectivity index (χ1n) is 12.3. The van der Waals surface area contributed by atoms with Gasteiger partial charge in [-0.2, -0.15) is 0 Å². The molecule has 2 aliphatic heterocycles. The molecule has 1 N–H and O–H groups in total. The number of aromatic hydroxyl groups is 1. The van der Waals surface area contributed by atoms with Gasteiger partial charge in [-0.25, -0.2) is 0 Å². The van der Waals surface area contributed by atoms with E-state index in [9.17, 15) is 14.7 Å². The molecule has 2 amide bonds. The lowest BCUT2D eigenvalue weighted by atomic mass is 9.69. The Bertz CT molecular complexity index is 1240. The van der Waals surface area contributed by atoms with Crippen LogP contribution in [0.15, 0.2) is 69.7 Å². The smallest absolute Gasteiger partial charge is 0.238 e. The molecule has 2 fully saturated rings. The Hall–Kier alpha value is -2.74. The van der Waals surface area contributed by atoms with E-state index < -0.39 is 5.92 Å². The second kappa shape index (κ2) is 10.3. The average molecular weight is 552 g/mol. The monoisotopic (exact) mass is 551 g/mol. The highest BCUT2D eigenvalue weighted by Crippen LogP contribution is 2.50. The maximum Gasteiger partial charge on any atom is 0.238 e. The molecular weight excluding hydrogens is 522 g/mol. The molecule has 36 heavy (non-hydrogen) atoms. The number of amides is 2. The van der Waals surface area contributed by atoms with Crippen LogP contribution < -0.4 is 4.90 Å². The molecule has 188 valence electrons. The van der Waals surface area contributed by atoms with Crippen LogP contribution >= 0.6 is 15.9 Å².